The van der Waals surface area contributed by atoms with E-state index in [-0.39, 0.29) is 25.6 Å². The van der Waals surface area contributed by atoms with Crippen LogP contribution in [0, 0.1) is 0 Å². The van der Waals surface area contributed by atoms with Crippen LogP contribution < -0.4 is 0 Å². The molecule has 7 N–H and O–H groups in total. The fourth-order valence-corrected chi connectivity index (χ4v) is 7.55. The lowest BCUT2D eigenvalue weighted by molar-refractivity contribution is -0.332. The van der Waals surface area contributed by atoms with Gasteiger partial charge in [-0.1, -0.05) is 134 Å². The first-order chi connectivity index (χ1) is 30.6. The molecule has 0 amide bonds. The third-order valence-corrected chi connectivity index (χ3v) is 11.6. The van der Waals surface area contributed by atoms with E-state index in [1.54, 1.807) is 0 Å². The second kappa shape index (κ2) is 37.3. The summed E-state index contributed by atoms with van der Waals surface area (Å²) in [5.41, 5.74) is 0. The molecule has 0 aromatic heterocycles. The molecule has 0 aromatic rings. The number of esters is 1. The molecule has 14 heteroatoms. The predicted molar refractivity (Wildman–Crippen MR) is 243 cm³/mol. The number of hydrogen-bond donors (Lipinski definition) is 7. The maximum Gasteiger partial charge on any atom is 0.306 e. The van der Waals surface area contributed by atoms with Crippen LogP contribution in [0.4, 0.5) is 0 Å². The zero-order chi connectivity index (χ0) is 45.9. The average molecular weight is 901 g/mol. The maximum atomic E-state index is 13.0. The maximum absolute atomic E-state index is 13.0. The summed E-state index contributed by atoms with van der Waals surface area (Å²) in [6, 6.07) is 0. The van der Waals surface area contributed by atoms with Crippen molar-refractivity contribution in [2.24, 2.45) is 0 Å². The van der Waals surface area contributed by atoms with Gasteiger partial charge in [0.05, 0.1) is 26.4 Å². The van der Waals surface area contributed by atoms with E-state index in [0.717, 1.165) is 83.5 Å². The molecule has 2 fully saturated rings. The lowest BCUT2D eigenvalue weighted by atomic mass is 9.98. The van der Waals surface area contributed by atoms with Crippen molar-refractivity contribution < 1.29 is 69.0 Å². The van der Waals surface area contributed by atoms with Crippen molar-refractivity contribution in [1.29, 1.82) is 0 Å². The lowest BCUT2D eigenvalue weighted by Gasteiger charge is -2.42. The molecule has 0 aromatic carbocycles. The van der Waals surface area contributed by atoms with Crippen molar-refractivity contribution in [2.45, 2.75) is 235 Å². The third kappa shape index (κ3) is 25.6. The van der Waals surface area contributed by atoms with Gasteiger partial charge < -0.3 is 64.2 Å². The van der Waals surface area contributed by atoms with E-state index >= 15 is 0 Å². The van der Waals surface area contributed by atoms with Crippen molar-refractivity contribution in [3.05, 3.63) is 36.5 Å². The van der Waals surface area contributed by atoms with Gasteiger partial charge in [0.1, 0.15) is 54.9 Å². The average Bonchev–Trinajstić information content (AvgIpc) is 3.28. The fraction of sp³-hybridized carbons (Fsp3) is 0.857. The van der Waals surface area contributed by atoms with Crippen LogP contribution in [-0.2, 0) is 33.2 Å². The molecule has 2 aliphatic rings. The highest BCUT2D eigenvalue weighted by Gasteiger charge is 2.47. The van der Waals surface area contributed by atoms with Crippen LogP contribution in [0.2, 0.25) is 0 Å². The highest BCUT2D eigenvalue weighted by molar-refractivity contribution is 5.69. The van der Waals surface area contributed by atoms with Crippen molar-refractivity contribution in [3.63, 3.8) is 0 Å². The lowest BCUT2D eigenvalue weighted by Crippen LogP contribution is -2.61. The summed E-state index contributed by atoms with van der Waals surface area (Å²) in [5.74, 6) is -0.390. The highest BCUT2D eigenvalue weighted by atomic mass is 16.7. The number of allylic oxidation sites excluding steroid dienone is 6. The van der Waals surface area contributed by atoms with Crippen LogP contribution in [0.25, 0.3) is 0 Å². The molecular formula is C49H88O14. The minimum atomic E-state index is -1.71. The normalized spacial score (nSPS) is 27.3. The minimum Gasteiger partial charge on any atom is -0.457 e. The Hall–Kier alpha value is -1.79. The molecule has 11 unspecified atom stereocenters. The predicted octanol–water partition coefficient (Wildman–Crippen LogP) is 6.63. The van der Waals surface area contributed by atoms with Gasteiger partial charge >= 0.3 is 5.97 Å². The molecule has 2 rings (SSSR count). The number of aliphatic hydroxyl groups is 7. The summed E-state index contributed by atoms with van der Waals surface area (Å²) in [7, 11) is 0. The molecule has 0 saturated carbocycles. The van der Waals surface area contributed by atoms with Crippen molar-refractivity contribution >= 4 is 5.97 Å². The number of rotatable bonds is 38. The van der Waals surface area contributed by atoms with Gasteiger partial charge in [-0.25, -0.2) is 0 Å². The zero-order valence-corrected chi connectivity index (χ0v) is 38.8. The Morgan fingerprint density at radius 1 is 0.524 bits per heavy atom. The van der Waals surface area contributed by atoms with Gasteiger partial charge in [-0.2, -0.15) is 0 Å². The molecule has 0 aliphatic carbocycles. The van der Waals surface area contributed by atoms with Gasteiger partial charge in [-0.3, -0.25) is 4.79 Å². The minimum absolute atomic E-state index is 0.0513. The van der Waals surface area contributed by atoms with Crippen LogP contribution in [0.5, 0.6) is 0 Å². The summed E-state index contributed by atoms with van der Waals surface area (Å²) in [6.45, 7) is 3.58. The van der Waals surface area contributed by atoms with Crippen LogP contribution >= 0.6 is 0 Å². The van der Waals surface area contributed by atoms with E-state index in [1.807, 2.05) is 0 Å². The highest BCUT2D eigenvalue weighted by Crippen LogP contribution is 2.26. The quantitative estimate of drug-likeness (QED) is 0.0197. The van der Waals surface area contributed by atoms with E-state index in [0.29, 0.717) is 13.0 Å². The molecule has 0 spiro atoms. The molecule has 14 nitrogen and oxygen atoms in total. The molecule has 368 valence electrons. The second-order valence-electron chi connectivity index (χ2n) is 17.3. The Morgan fingerprint density at radius 2 is 1.02 bits per heavy atom. The topological polar surface area (TPSA) is 214 Å². The van der Waals surface area contributed by atoms with Crippen molar-refractivity contribution in [3.8, 4) is 0 Å². The number of unbranched alkanes of at least 4 members (excludes halogenated alkanes) is 18. The number of carbonyl (C=O) groups excluding carboxylic acids is 1. The van der Waals surface area contributed by atoms with Crippen LogP contribution in [0.1, 0.15) is 168 Å². The Kier molecular flexibility index (Phi) is 34.0. The molecule has 2 saturated heterocycles. The van der Waals surface area contributed by atoms with Gasteiger partial charge in [0.15, 0.2) is 12.6 Å². The van der Waals surface area contributed by atoms with E-state index in [2.05, 4.69) is 50.3 Å². The molecule has 0 radical (unpaired) electrons. The van der Waals surface area contributed by atoms with E-state index in [4.69, 9.17) is 28.4 Å². The molecule has 2 heterocycles. The van der Waals surface area contributed by atoms with Crippen LogP contribution in [-0.4, -0.2) is 142 Å². The largest absolute Gasteiger partial charge is 0.457 e. The summed E-state index contributed by atoms with van der Waals surface area (Å²) < 4.78 is 34.2. The third-order valence-electron chi connectivity index (χ3n) is 11.6. The van der Waals surface area contributed by atoms with Gasteiger partial charge in [-0.05, 0) is 64.2 Å². The fourth-order valence-electron chi connectivity index (χ4n) is 7.55. The van der Waals surface area contributed by atoms with E-state index < -0.39 is 80.7 Å². The Morgan fingerprint density at radius 3 is 1.60 bits per heavy atom. The smallest absolute Gasteiger partial charge is 0.306 e. The van der Waals surface area contributed by atoms with Gasteiger partial charge in [0.2, 0.25) is 0 Å². The number of ether oxygens (including phenoxy) is 6. The Balaban J connectivity index is 1.80. The Bertz CT molecular complexity index is 1180. The number of aliphatic hydroxyl groups excluding tert-OH is 7. The summed E-state index contributed by atoms with van der Waals surface area (Å²) >= 11 is 0. The Labute approximate surface area is 379 Å². The summed E-state index contributed by atoms with van der Waals surface area (Å²) in [5, 5.41) is 72.0. The summed E-state index contributed by atoms with van der Waals surface area (Å²) in [6.07, 6.45) is 23.5. The first kappa shape index (κ1) is 57.3. The monoisotopic (exact) mass is 901 g/mol. The molecule has 2 aliphatic heterocycles. The van der Waals surface area contributed by atoms with Crippen LogP contribution in [0.3, 0.4) is 0 Å². The molecule has 11 atom stereocenters. The van der Waals surface area contributed by atoms with E-state index in [1.165, 1.54) is 57.8 Å². The number of carbonyl (C=O) groups is 1. The van der Waals surface area contributed by atoms with Gasteiger partial charge in [0, 0.05) is 13.0 Å². The zero-order valence-electron chi connectivity index (χ0n) is 38.8. The van der Waals surface area contributed by atoms with Crippen molar-refractivity contribution in [1.82, 2.24) is 0 Å². The molecule has 63 heavy (non-hydrogen) atoms. The van der Waals surface area contributed by atoms with Gasteiger partial charge in [0.25, 0.3) is 0 Å². The number of hydrogen-bond acceptors (Lipinski definition) is 14. The van der Waals surface area contributed by atoms with E-state index in [9.17, 15) is 40.5 Å². The van der Waals surface area contributed by atoms with Gasteiger partial charge in [-0.15, -0.1) is 0 Å². The van der Waals surface area contributed by atoms with Crippen molar-refractivity contribution in [2.75, 3.05) is 33.0 Å². The second-order valence-corrected chi connectivity index (χ2v) is 17.3. The first-order valence-electron chi connectivity index (χ1n) is 24.6. The first-order valence-corrected chi connectivity index (χ1v) is 24.6. The van der Waals surface area contributed by atoms with Crippen LogP contribution in [0.15, 0.2) is 36.5 Å². The standard InChI is InChI=1S/C49H88O14/c1-3-5-7-9-11-13-15-17-19-20-22-24-26-28-30-32-41(51)61-38(35-58-33-31-29-27-25-23-21-18-16-14-12-10-8-6-4-2)36-59-48-47(57)45(55)43(53)40(63-48)37-60-49-46(56)44(54)42(52)39(34-50)62-49/h8,10,14,16-17,19,38-40,42-50,52-57H,3-7,9,11-13,15,18,20-37H2,1-2H3/b10-8-,16-14-,19-17-. The molecular weight excluding hydrogens is 813 g/mol. The SMILES string of the molecule is CCC/C=C\C/C=C\CCCCCCCCOCC(COC1OC(COC2OC(CO)C(O)C(O)C2O)C(O)C(O)C1O)OC(=O)CCCCCCC/C=C\CCCCCCCC. The molecule has 0 bridgehead atoms. The summed E-state index contributed by atoms with van der Waals surface area (Å²) in [4.78, 5) is 13.0.